The Balaban J connectivity index is 1.32. The molecule has 0 saturated heterocycles. The van der Waals surface area contributed by atoms with Gasteiger partial charge in [-0.3, -0.25) is 14.6 Å². The van der Waals surface area contributed by atoms with E-state index in [0.717, 1.165) is 24.0 Å². The maximum absolute atomic E-state index is 12.1. The van der Waals surface area contributed by atoms with Crippen LogP contribution in [0.3, 0.4) is 0 Å². The van der Waals surface area contributed by atoms with Crippen LogP contribution in [0.1, 0.15) is 36.8 Å². The quantitative estimate of drug-likeness (QED) is 0.496. The fraction of sp³-hybridized carbons (Fsp3) is 0.381. The number of carbonyl (C=O) groups is 2. The van der Waals surface area contributed by atoms with Crippen LogP contribution in [-0.4, -0.2) is 37.8 Å². The van der Waals surface area contributed by atoms with E-state index in [9.17, 15) is 18.0 Å². The first-order valence-electron chi connectivity index (χ1n) is 9.96. The van der Waals surface area contributed by atoms with E-state index in [1.807, 2.05) is 12.1 Å². The summed E-state index contributed by atoms with van der Waals surface area (Å²) in [6.45, 7) is 0.697. The van der Waals surface area contributed by atoms with Crippen LogP contribution in [0, 0.1) is 0 Å². The Labute approximate surface area is 176 Å². The van der Waals surface area contributed by atoms with Gasteiger partial charge in [0.1, 0.15) is 0 Å². The SMILES string of the molecule is O=C(CCc1ccc(S(=O)(=O)NC2CC2)cc1)NCCC(=O)NCc1ccncc1. The van der Waals surface area contributed by atoms with Crippen LogP contribution in [0.4, 0.5) is 0 Å². The molecule has 30 heavy (non-hydrogen) atoms. The minimum Gasteiger partial charge on any atom is -0.356 e. The van der Waals surface area contributed by atoms with Crippen molar-refractivity contribution in [3.8, 4) is 0 Å². The zero-order valence-corrected chi connectivity index (χ0v) is 17.5. The molecule has 1 saturated carbocycles. The molecule has 0 atom stereocenters. The molecule has 9 heteroatoms. The first-order valence-corrected chi connectivity index (χ1v) is 11.4. The van der Waals surface area contributed by atoms with Gasteiger partial charge >= 0.3 is 0 Å². The molecular weight excluding hydrogens is 404 g/mol. The molecule has 0 bridgehead atoms. The Morgan fingerprint density at radius 1 is 0.900 bits per heavy atom. The Morgan fingerprint density at radius 3 is 2.23 bits per heavy atom. The number of amides is 2. The number of nitrogens with one attached hydrogen (secondary N) is 3. The highest BCUT2D eigenvalue weighted by Gasteiger charge is 2.27. The molecule has 160 valence electrons. The summed E-state index contributed by atoms with van der Waals surface area (Å²) in [4.78, 5) is 28.0. The van der Waals surface area contributed by atoms with Crippen molar-refractivity contribution < 1.29 is 18.0 Å². The average molecular weight is 431 g/mol. The fourth-order valence-electron chi connectivity index (χ4n) is 2.78. The highest BCUT2D eigenvalue weighted by Crippen LogP contribution is 2.22. The van der Waals surface area contributed by atoms with Crippen LogP contribution >= 0.6 is 0 Å². The Kier molecular flexibility index (Phi) is 7.53. The molecule has 0 aliphatic heterocycles. The highest BCUT2D eigenvalue weighted by molar-refractivity contribution is 7.89. The molecule has 8 nitrogen and oxygen atoms in total. The van der Waals surface area contributed by atoms with Gasteiger partial charge < -0.3 is 10.6 Å². The van der Waals surface area contributed by atoms with Crippen LogP contribution < -0.4 is 15.4 Å². The lowest BCUT2D eigenvalue weighted by atomic mass is 10.1. The summed E-state index contributed by atoms with van der Waals surface area (Å²) >= 11 is 0. The number of rotatable bonds is 11. The molecule has 0 unspecified atom stereocenters. The molecule has 1 aromatic heterocycles. The van der Waals surface area contributed by atoms with Crippen LogP contribution in [0.2, 0.25) is 0 Å². The lowest BCUT2D eigenvalue weighted by Crippen LogP contribution is -2.30. The third-order valence-electron chi connectivity index (χ3n) is 4.69. The number of benzene rings is 1. The van der Waals surface area contributed by atoms with Crippen LogP contribution in [0.5, 0.6) is 0 Å². The zero-order valence-electron chi connectivity index (χ0n) is 16.6. The topological polar surface area (TPSA) is 117 Å². The number of carbonyl (C=O) groups excluding carboxylic acids is 2. The molecule has 2 amide bonds. The van der Waals surface area contributed by atoms with Gasteiger partial charge in [0.05, 0.1) is 4.90 Å². The Morgan fingerprint density at radius 2 is 1.57 bits per heavy atom. The summed E-state index contributed by atoms with van der Waals surface area (Å²) in [6.07, 6.45) is 6.08. The van der Waals surface area contributed by atoms with Crippen LogP contribution in [-0.2, 0) is 32.6 Å². The van der Waals surface area contributed by atoms with E-state index in [1.54, 1.807) is 36.7 Å². The first-order chi connectivity index (χ1) is 14.4. The van der Waals surface area contributed by atoms with Crippen molar-refractivity contribution in [2.45, 2.75) is 49.6 Å². The van der Waals surface area contributed by atoms with Crippen molar-refractivity contribution in [3.05, 3.63) is 59.9 Å². The predicted octanol–water partition coefficient (Wildman–Crippen LogP) is 1.28. The van der Waals surface area contributed by atoms with Crippen molar-refractivity contribution in [2.75, 3.05) is 6.54 Å². The lowest BCUT2D eigenvalue weighted by Gasteiger charge is -2.08. The number of aromatic nitrogens is 1. The van der Waals surface area contributed by atoms with E-state index in [2.05, 4.69) is 20.3 Å². The van der Waals surface area contributed by atoms with Gasteiger partial charge in [-0.2, -0.15) is 0 Å². The summed E-state index contributed by atoms with van der Waals surface area (Å²) in [5, 5.41) is 5.52. The number of sulfonamides is 1. The van der Waals surface area contributed by atoms with Crippen molar-refractivity contribution in [1.29, 1.82) is 0 Å². The molecule has 3 N–H and O–H groups in total. The Hall–Kier alpha value is -2.78. The number of nitrogens with zero attached hydrogens (tertiary/aromatic N) is 1. The average Bonchev–Trinajstić information content (AvgIpc) is 3.55. The standard InChI is InChI=1S/C21H26N4O4S/c26-20(23-14-11-21(27)24-15-17-9-12-22-13-10-17)8-3-16-1-6-19(7-2-16)30(28,29)25-18-4-5-18/h1-2,6-7,9-10,12-13,18,25H,3-5,8,11,14-15H2,(H,23,26)(H,24,27). The summed E-state index contributed by atoms with van der Waals surface area (Å²) in [7, 11) is -3.46. The van der Waals surface area contributed by atoms with Gasteiger partial charge in [-0.25, -0.2) is 13.1 Å². The molecule has 1 aliphatic carbocycles. The van der Waals surface area contributed by atoms with Crippen molar-refractivity contribution in [3.63, 3.8) is 0 Å². The molecule has 0 spiro atoms. The van der Waals surface area contributed by atoms with E-state index in [1.165, 1.54) is 0 Å². The second-order valence-electron chi connectivity index (χ2n) is 7.27. The smallest absolute Gasteiger partial charge is 0.240 e. The summed E-state index contributed by atoms with van der Waals surface area (Å²) in [5.74, 6) is -0.284. The minimum absolute atomic E-state index is 0.0658. The van der Waals surface area contributed by atoms with Gasteiger partial charge in [0.2, 0.25) is 21.8 Å². The van der Waals surface area contributed by atoms with Gasteiger partial charge in [0.15, 0.2) is 0 Å². The van der Waals surface area contributed by atoms with E-state index in [0.29, 0.717) is 13.0 Å². The van der Waals surface area contributed by atoms with Gasteiger partial charge in [-0.15, -0.1) is 0 Å². The molecular formula is C21H26N4O4S. The van der Waals surface area contributed by atoms with Crippen molar-refractivity contribution >= 4 is 21.8 Å². The molecule has 3 rings (SSSR count). The third kappa shape index (κ3) is 7.23. The minimum atomic E-state index is -3.46. The van der Waals surface area contributed by atoms with Gasteiger partial charge in [-0.1, -0.05) is 12.1 Å². The van der Waals surface area contributed by atoms with Crippen molar-refractivity contribution in [2.24, 2.45) is 0 Å². The number of aryl methyl sites for hydroxylation is 1. The molecule has 1 aromatic carbocycles. The van der Waals surface area contributed by atoms with Crippen LogP contribution in [0.15, 0.2) is 53.7 Å². The highest BCUT2D eigenvalue weighted by atomic mass is 32.2. The third-order valence-corrected chi connectivity index (χ3v) is 6.22. The van der Waals surface area contributed by atoms with E-state index in [4.69, 9.17) is 0 Å². The summed E-state index contributed by atoms with van der Waals surface area (Å²) in [6, 6.07) is 10.3. The van der Waals surface area contributed by atoms with Crippen molar-refractivity contribution in [1.82, 2.24) is 20.3 Å². The van der Waals surface area contributed by atoms with Gasteiger partial charge in [-0.05, 0) is 54.7 Å². The molecule has 1 aliphatic rings. The zero-order chi connectivity index (χ0) is 21.4. The second kappa shape index (κ2) is 10.3. The largest absolute Gasteiger partial charge is 0.356 e. The lowest BCUT2D eigenvalue weighted by molar-refractivity contribution is -0.122. The van der Waals surface area contributed by atoms with E-state index in [-0.39, 0.29) is 42.1 Å². The second-order valence-corrected chi connectivity index (χ2v) is 8.99. The fourth-order valence-corrected chi connectivity index (χ4v) is 4.08. The molecule has 0 radical (unpaired) electrons. The molecule has 2 aromatic rings. The van der Waals surface area contributed by atoms with Crippen LogP contribution in [0.25, 0.3) is 0 Å². The van der Waals surface area contributed by atoms with Gasteiger partial charge in [0, 0.05) is 44.4 Å². The maximum Gasteiger partial charge on any atom is 0.240 e. The predicted molar refractivity (Wildman–Crippen MR) is 112 cm³/mol. The summed E-state index contributed by atoms with van der Waals surface area (Å²) < 4.78 is 26.9. The molecule has 1 heterocycles. The van der Waals surface area contributed by atoms with E-state index < -0.39 is 10.0 Å². The van der Waals surface area contributed by atoms with E-state index >= 15 is 0 Å². The number of pyridine rings is 1. The monoisotopic (exact) mass is 430 g/mol. The Bertz CT molecular complexity index is 958. The normalized spacial score (nSPS) is 13.6. The maximum atomic E-state index is 12.1. The molecule has 1 fully saturated rings. The number of hydrogen-bond donors (Lipinski definition) is 3. The number of hydrogen-bond acceptors (Lipinski definition) is 5. The first kappa shape index (κ1) is 21.9. The van der Waals surface area contributed by atoms with Gasteiger partial charge in [0.25, 0.3) is 0 Å². The summed E-state index contributed by atoms with van der Waals surface area (Å²) in [5.41, 5.74) is 1.84.